The molecule has 0 spiro atoms. The molecule has 1 aromatic heterocycles. The lowest BCUT2D eigenvalue weighted by atomic mass is 10.1. The highest BCUT2D eigenvalue weighted by molar-refractivity contribution is 6.21. The first-order chi connectivity index (χ1) is 18.0. The third-order valence-corrected chi connectivity index (χ3v) is 6.25. The number of fused-ring (bicyclic) bond motifs is 1. The van der Waals surface area contributed by atoms with Gasteiger partial charge >= 0.3 is 0 Å². The van der Waals surface area contributed by atoms with Gasteiger partial charge in [-0.15, -0.1) is 0 Å². The summed E-state index contributed by atoms with van der Waals surface area (Å²) in [6, 6.07) is 26.7. The highest BCUT2D eigenvalue weighted by Gasteiger charge is 2.34. The first kappa shape index (κ1) is 23.9. The standard InChI is InChI=1S/C30H25N3O4/c1-20(23-7-6-9-25(17-23)37-19-24-8-4-5-16-31-24)32-28(34)22-14-12-21(13-15-22)18-33-29(35)26-10-2-3-11-27(26)30(33)36/h2-17,20H,18-19H2,1H3,(H,32,34). The molecule has 1 aliphatic rings. The second-order valence-corrected chi connectivity index (χ2v) is 8.82. The van der Waals surface area contributed by atoms with Crippen LogP contribution in [-0.2, 0) is 13.2 Å². The van der Waals surface area contributed by atoms with Crippen LogP contribution in [0.4, 0.5) is 0 Å². The van der Waals surface area contributed by atoms with Gasteiger partial charge in [-0.2, -0.15) is 0 Å². The Kier molecular flexibility index (Phi) is 6.76. The summed E-state index contributed by atoms with van der Waals surface area (Å²) in [5.74, 6) is -0.133. The molecule has 0 saturated heterocycles. The van der Waals surface area contributed by atoms with Gasteiger partial charge in [-0.25, -0.2) is 0 Å². The fourth-order valence-electron chi connectivity index (χ4n) is 4.20. The van der Waals surface area contributed by atoms with E-state index in [1.165, 1.54) is 4.90 Å². The average Bonchev–Trinajstić information content (AvgIpc) is 3.18. The molecule has 0 radical (unpaired) electrons. The summed E-state index contributed by atoms with van der Waals surface area (Å²) in [7, 11) is 0. The monoisotopic (exact) mass is 491 g/mol. The fraction of sp³-hybridized carbons (Fsp3) is 0.133. The van der Waals surface area contributed by atoms with E-state index in [1.807, 2.05) is 49.4 Å². The van der Waals surface area contributed by atoms with Gasteiger partial charge in [0.25, 0.3) is 17.7 Å². The van der Waals surface area contributed by atoms with Crippen LogP contribution in [-0.4, -0.2) is 27.6 Å². The molecule has 1 aliphatic heterocycles. The largest absolute Gasteiger partial charge is 0.487 e. The first-order valence-corrected chi connectivity index (χ1v) is 12.0. The van der Waals surface area contributed by atoms with Gasteiger partial charge in [-0.05, 0) is 66.6 Å². The Bertz CT molecular complexity index is 1420. The van der Waals surface area contributed by atoms with E-state index in [0.29, 0.717) is 29.0 Å². The maximum Gasteiger partial charge on any atom is 0.261 e. The molecule has 1 N–H and O–H groups in total. The number of aromatic nitrogens is 1. The Labute approximate surface area is 214 Å². The van der Waals surface area contributed by atoms with E-state index in [2.05, 4.69) is 10.3 Å². The van der Waals surface area contributed by atoms with E-state index in [-0.39, 0.29) is 30.3 Å². The number of carbonyl (C=O) groups excluding carboxylic acids is 3. The van der Waals surface area contributed by atoms with Crippen molar-refractivity contribution >= 4 is 17.7 Å². The minimum Gasteiger partial charge on any atom is -0.487 e. The fourth-order valence-corrected chi connectivity index (χ4v) is 4.20. The molecule has 0 aliphatic carbocycles. The number of hydrogen-bond donors (Lipinski definition) is 1. The molecule has 2 heterocycles. The van der Waals surface area contributed by atoms with Crippen molar-refractivity contribution in [3.8, 4) is 5.75 Å². The predicted molar refractivity (Wildman–Crippen MR) is 138 cm³/mol. The van der Waals surface area contributed by atoms with Crippen LogP contribution in [0.2, 0.25) is 0 Å². The molecule has 3 amide bonds. The van der Waals surface area contributed by atoms with E-state index >= 15 is 0 Å². The number of amides is 3. The van der Waals surface area contributed by atoms with Gasteiger partial charge in [0.05, 0.1) is 29.4 Å². The highest BCUT2D eigenvalue weighted by atomic mass is 16.5. The summed E-state index contributed by atoms with van der Waals surface area (Å²) in [6.07, 6.45) is 1.73. The number of nitrogens with one attached hydrogen (secondary N) is 1. The van der Waals surface area contributed by atoms with Gasteiger partial charge < -0.3 is 10.1 Å². The second-order valence-electron chi connectivity index (χ2n) is 8.82. The molecule has 0 fully saturated rings. The van der Waals surface area contributed by atoms with Crippen molar-refractivity contribution in [1.82, 2.24) is 15.2 Å². The number of carbonyl (C=O) groups is 3. The highest BCUT2D eigenvalue weighted by Crippen LogP contribution is 2.25. The smallest absolute Gasteiger partial charge is 0.261 e. The van der Waals surface area contributed by atoms with Gasteiger partial charge in [0.2, 0.25) is 0 Å². The van der Waals surface area contributed by atoms with Crippen LogP contribution in [0.1, 0.15) is 60.9 Å². The van der Waals surface area contributed by atoms with Gasteiger partial charge in [-0.1, -0.05) is 42.5 Å². The van der Waals surface area contributed by atoms with Crippen molar-refractivity contribution in [2.75, 3.05) is 0 Å². The van der Waals surface area contributed by atoms with Crippen LogP contribution in [0.15, 0.2) is 97.2 Å². The quantitative estimate of drug-likeness (QED) is 0.353. The van der Waals surface area contributed by atoms with Gasteiger partial charge in [-0.3, -0.25) is 24.3 Å². The summed E-state index contributed by atoms with van der Waals surface area (Å²) in [5.41, 5.74) is 3.83. The van der Waals surface area contributed by atoms with Gasteiger partial charge in [0.1, 0.15) is 12.4 Å². The number of rotatable bonds is 8. The molecule has 5 rings (SSSR count). The van der Waals surface area contributed by atoms with Crippen LogP contribution in [0.25, 0.3) is 0 Å². The molecule has 7 nitrogen and oxygen atoms in total. The van der Waals surface area contributed by atoms with Crippen molar-refractivity contribution in [3.05, 3.63) is 131 Å². The van der Waals surface area contributed by atoms with Gasteiger partial charge in [0.15, 0.2) is 0 Å². The van der Waals surface area contributed by atoms with E-state index in [0.717, 1.165) is 16.8 Å². The lowest BCUT2D eigenvalue weighted by molar-refractivity contribution is 0.0641. The second kappa shape index (κ2) is 10.5. The number of ether oxygens (including phenoxy) is 1. The molecule has 3 aromatic carbocycles. The maximum absolute atomic E-state index is 12.9. The van der Waals surface area contributed by atoms with Crippen molar-refractivity contribution in [1.29, 1.82) is 0 Å². The summed E-state index contributed by atoms with van der Waals surface area (Å²) in [5, 5.41) is 3.01. The van der Waals surface area contributed by atoms with E-state index < -0.39 is 0 Å². The third kappa shape index (κ3) is 5.26. The van der Waals surface area contributed by atoms with Crippen molar-refractivity contribution in [3.63, 3.8) is 0 Å². The van der Waals surface area contributed by atoms with E-state index in [1.54, 1.807) is 54.7 Å². The lowest BCUT2D eigenvalue weighted by Gasteiger charge is -2.16. The zero-order chi connectivity index (χ0) is 25.8. The topological polar surface area (TPSA) is 88.6 Å². The molecule has 1 unspecified atom stereocenters. The average molecular weight is 492 g/mol. The maximum atomic E-state index is 12.9. The summed E-state index contributed by atoms with van der Waals surface area (Å²) in [6.45, 7) is 2.42. The summed E-state index contributed by atoms with van der Waals surface area (Å²) in [4.78, 5) is 43.6. The van der Waals surface area contributed by atoms with Crippen LogP contribution in [0.3, 0.4) is 0 Å². The molecule has 7 heteroatoms. The van der Waals surface area contributed by atoms with Crippen LogP contribution < -0.4 is 10.1 Å². The normalized spacial score (nSPS) is 13.3. The summed E-state index contributed by atoms with van der Waals surface area (Å²) < 4.78 is 5.85. The SMILES string of the molecule is CC(NC(=O)c1ccc(CN2C(=O)c3ccccc3C2=O)cc1)c1cccc(OCc2ccccn2)c1. The van der Waals surface area contributed by atoms with Crippen LogP contribution in [0, 0.1) is 0 Å². The molecular weight excluding hydrogens is 466 g/mol. The predicted octanol–water partition coefficient (Wildman–Crippen LogP) is 4.95. The Morgan fingerprint density at radius 1 is 0.892 bits per heavy atom. The Morgan fingerprint density at radius 2 is 1.59 bits per heavy atom. The minimum atomic E-state index is -0.303. The Balaban J connectivity index is 1.19. The Morgan fingerprint density at radius 3 is 2.27 bits per heavy atom. The minimum absolute atomic E-state index is 0.149. The number of pyridine rings is 1. The van der Waals surface area contributed by atoms with Crippen molar-refractivity contribution < 1.29 is 19.1 Å². The van der Waals surface area contributed by atoms with E-state index in [9.17, 15) is 14.4 Å². The third-order valence-electron chi connectivity index (χ3n) is 6.25. The number of hydrogen-bond acceptors (Lipinski definition) is 5. The zero-order valence-electron chi connectivity index (χ0n) is 20.3. The molecule has 1 atom stereocenters. The molecule has 4 aromatic rings. The lowest BCUT2D eigenvalue weighted by Crippen LogP contribution is -2.29. The van der Waals surface area contributed by atoms with Crippen LogP contribution >= 0.6 is 0 Å². The zero-order valence-corrected chi connectivity index (χ0v) is 20.3. The number of imide groups is 1. The number of nitrogens with zero attached hydrogens (tertiary/aromatic N) is 2. The molecule has 184 valence electrons. The van der Waals surface area contributed by atoms with E-state index in [4.69, 9.17) is 4.74 Å². The Hall–Kier alpha value is -4.78. The van der Waals surface area contributed by atoms with Crippen molar-refractivity contribution in [2.45, 2.75) is 26.1 Å². The molecular formula is C30H25N3O4. The molecule has 0 bridgehead atoms. The number of benzene rings is 3. The molecule has 37 heavy (non-hydrogen) atoms. The van der Waals surface area contributed by atoms with Crippen LogP contribution in [0.5, 0.6) is 5.75 Å². The van der Waals surface area contributed by atoms with Crippen molar-refractivity contribution in [2.24, 2.45) is 0 Å². The first-order valence-electron chi connectivity index (χ1n) is 12.0. The van der Waals surface area contributed by atoms with Gasteiger partial charge in [0, 0.05) is 11.8 Å². The molecule has 0 saturated carbocycles. The summed E-state index contributed by atoms with van der Waals surface area (Å²) >= 11 is 0.